The van der Waals surface area contributed by atoms with E-state index in [-0.39, 0.29) is 0 Å². The molecular formula is C14H16N2O2S. The van der Waals surface area contributed by atoms with Crippen molar-refractivity contribution in [1.29, 1.82) is 0 Å². The summed E-state index contributed by atoms with van der Waals surface area (Å²) in [6.07, 6.45) is 5.19. The summed E-state index contributed by atoms with van der Waals surface area (Å²) in [4.78, 5) is 4.66. The maximum absolute atomic E-state index is 5.61. The summed E-state index contributed by atoms with van der Waals surface area (Å²) in [5.41, 5.74) is 0.995. The highest BCUT2D eigenvalue weighted by Gasteiger charge is 2.18. The Bertz CT molecular complexity index is 562. The van der Waals surface area contributed by atoms with Crippen LogP contribution in [0.2, 0.25) is 0 Å². The number of nitrogens with zero attached hydrogens (tertiary/aromatic N) is 1. The van der Waals surface area contributed by atoms with Gasteiger partial charge in [0.05, 0.1) is 10.2 Å². The van der Waals surface area contributed by atoms with E-state index >= 15 is 0 Å². The highest BCUT2D eigenvalue weighted by molar-refractivity contribution is 7.22. The molecule has 4 rings (SSSR count). The predicted molar refractivity (Wildman–Crippen MR) is 76.5 cm³/mol. The van der Waals surface area contributed by atoms with Crippen molar-refractivity contribution in [3.63, 3.8) is 0 Å². The topological polar surface area (TPSA) is 43.4 Å². The Morgan fingerprint density at radius 1 is 1.11 bits per heavy atom. The molecule has 1 aliphatic carbocycles. The van der Waals surface area contributed by atoms with Crippen LogP contribution in [0.1, 0.15) is 25.7 Å². The number of thiazole rings is 1. The molecule has 1 aromatic carbocycles. The molecule has 100 valence electrons. The molecular weight excluding hydrogens is 260 g/mol. The van der Waals surface area contributed by atoms with E-state index in [0.29, 0.717) is 19.3 Å². The molecule has 2 heterocycles. The van der Waals surface area contributed by atoms with Gasteiger partial charge in [0.1, 0.15) is 13.2 Å². The largest absolute Gasteiger partial charge is 0.486 e. The molecule has 4 nitrogen and oxygen atoms in total. The monoisotopic (exact) mass is 276 g/mol. The van der Waals surface area contributed by atoms with Crippen LogP contribution >= 0.6 is 11.3 Å². The van der Waals surface area contributed by atoms with Crippen LogP contribution < -0.4 is 14.8 Å². The number of hydrogen-bond acceptors (Lipinski definition) is 5. The maximum Gasteiger partial charge on any atom is 0.184 e. The van der Waals surface area contributed by atoms with Crippen LogP contribution in [0.5, 0.6) is 11.5 Å². The van der Waals surface area contributed by atoms with E-state index < -0.39 is 0 Å². The highest BCUT2D eigenvalue weighted by atomic mass is 32.1. The molecule has 19 heavy (non-hydrogen) atoms. The van der Waals surface area contributed by atoms with E-state index in [9.17, 15) is 0 Å². The van der Waals surface area contributed by atoms with Gasteiger partial charge >= 0.3 is 0 Å². The predicted octanol–water partition coefficient (Wildman–Crippen LogP) is 3.42. The van der Waals surface area contributed by atoms with E-state index in [1.54, 1.807) is 11.3 Å². The van der Waals surface area contributed by atoms with Gasteiger partial charge in [0.2, 0.25) is 0 Å². The van der Waals surface area contributed by atoms with Gasteiger partial charge in [0, 0.05) is 18.2 Å². The van der Waals surface area contributed by atoms with Crippen LogP contribution in [0.25, 0.3) is 10.2 Å². The van der Waals surface area contributed by atoms with E-state index in [4.69, 9.17) is 9.47 Å². The zero-order valence-corrected chi connectivity index (χ0v) is 11.5. The van der Waals surface area contributed by atoms with E-state index in [1.807, 2.05) is 12.1 Å². The average molecular weight is 276 g/mol. The van der Waals surface area contributed by atoms with Gasteiger partial charge in [-0.1, -0.05) is 24.2 Å². The van der Waals surface area contributed by atoms with Crippen LogP contribution in [0.3, 0.4) is 0 Å². The van der Waals surface area contributed by atoms with Crippen LogP contribution in [-0.4, -0.2) is 24.2 Å². The molecule has 0 spiro atoms. The van der Waals surface area contributed by atoms with Crippen molar-refractivity contribution >= 4 is 26.7 Å². The number of fused-ring (bicyclic) bond motifs is 2. The van der Waals surface area contributed by atoms with Crippen LogP contribution in [0.15, 0.2) is 12.1 Å². The van der Waals surface area contributed by atoms with Crippen LogP contribution in [0, 0.1) is 0 Å². The van der Waals surface area contributed by atoms with Gasteiger partial charge in [-0.05, 0) is 12.8 Å². The molecule has 2 aromatic rings. The maximum atomic E-state index is 5.61. The second kappa shape index (κ2) is 4.56. The van der Waals surface area contributed by atoms with Crippen LogP contribution in [-0.2, 0) is 0 Å². The first-order chi connectivity index (χ1) is 9.38. The van der Waals surface area contributed by atoms with Gasteiger partial charge < -0.3 is 14.8 Å². The van der Waals surface area contributed by atoms with Crippen molar-refractivity contribution < 1.29 is 9.47 Å². The second-order valence-electron chi connectivity index (χ2n) is 5.11. The number of anilines is 1. The zero-order valence-electron chi connectivity index (χ0n) is 10.6. The smallest absolute Gasteiger partial charge is 0.184 e. The van der Waals surface area contributed by atoms with Gasteiger partial charge in [-0.3, -0.25) is 0 Å². The molecule has 1 N–H and O–H groups in total. The third-order valence-corrected chi connectivity index (χ3v) is 4.68. The normalized spacial score (nSPS) is 18.9. The fraction of sp³-hybridized carbons (Fsp3) is 0.500. The summed E-state index contributed by atoms with van der Waals surface area (Å²) < 4.78 is 12.4. The molecule has 1 saturated carbocycles. The SMILES string of the molecule is c1c2c(cc3sc(NC4CCCC4)nc13)OCCO2. The van der Waals surface area contributed by atoms with E-state index in [1.165, 1.54) is 25.7 Å². The quantitative estimate of drug-likeness (QED) is 0.912. The van der Waals surface area contributed by atoms with E-state index in [2.05, 4.69) is 10.3 Å². The first kappa shape index (κ1) is 11.3. The van der Waals surface area contributed by atoms with Gasteiger partial charge in [0.25, 0.3) is 0 Å². The third-order valence-electron chi connectivity index (χ3n) is 3.74. The van der Waals surface area contributed by atoms with Crippen molar-refractivity contribution in [3.8, 4) is 11.5 Å². The minimum absolute atomic E-state index is 0.600. The third kappa shape index (κ3) is 2.12. The number of ether oxygens (including phenoxy) is 2. The van der Waals surface area contributed by atoms with E-state index in [0.717, 1.165) is 26.8 Å². The molecule has 0 atom stereocenters. The molecule has 0 saturated heterocycles. The van der Waals surface area contributed by atoms with Gasteiger partial charge in [-0.15, -0.1) is 0 Å². The molecule has 5 heteroatoms. The Balaban J connectivity index is 1.66. The molecule has 1 fully saturated rings. The zero-order chi connectivity index (χ0) is 12.7. The first-order valence-electron chi connectivity index (χ1n) is 6.85. The fourth-order valence-corrected chi connectivity index (χ4v) is 3.72. The summed E-state index contributed by atoms with van der Waals surface area (Å²) in [5, 5.41) is 4.56. The number of hydrogen-bond donors (Lipinski definition) is 1. The Morgan fingerprint density at radius 3 is 2.63 bits per heavy atom. The lowest BCUT2D eigenvalue weighted by atomic mass is 10.2. The molecule has 2 aliphatic rings. The second-order valence-corrected chi connectivity index (χ2v) is 6.14. The molecule has 0 radical (unpaired) electrons. The van der Waals surface area contributed by atoms with Crippen molar-refractivity contribution in [2.24, 2.45) is 0 Å². The standard InChI is InChI=1S/C14H16N2O2S/c1-2-4-9(3-1)15-14-16-10-7-11-12(8-13(10)19-14)18-6-5-17-11/h7-9H,1-6H2,(H,15,16). The lowest BCUT2D eigenvalue weighted by molar-refractivity contribution is 0.172. The number of rotatable bonds is 2. The van der Waals surface area contributed by atoms with Crippen molar-refractivity contribution in [3.05, 3.63) is 12.1 Å². The average Bonchev–Trinajstić information content (AvgIpc) is 3.05. The first-order valence-corrected chi connectivity index (χ1v) is 7.67. The van der Waals surface area contributed by atoms with Gasteiger partial charge in [-0.2, -0.15) is 0 Å². The van der Waals surface area contributed by atoms with Crippen molar-refractivity contribution in [2.75, 3.05) is 18.5 Å². The number of nitrogens with one attached hydrogen (secondary N) is 1. The lowest BCUT2D eigenvalue weighted by Gasteiger charge is -2.17. The Hall–Kier alpha value is -1.49. The minimum atomic E-state index is 0.600. The highest BCUT2D eigenvalue weighted by Crippen LogP contribution is 2.38. The number of aromatic nitrogens is 1. The van der Waals surface area contributed by atoms with Crippen molar-refractivity contribution in [1.82, 2.24) is 4.98 Å². The van der Waals surface area contributed by atoms with Crippen molar-refractivity contribution in [2.45, 2.75) is 31.7 Å². The fourth-order valence-electron chi connectivity index (χ4n) is 2.77. The molecule has 1 aliphatic heterocycles. The van der Waals surface area contributed by atoms with Gasteiger partial charge in [0.15, 0.2) is 16.6 Å². The lowest BCUT2D eigenvalue weighted by Crippen LogP contribution is -2.15. The molecule has 0 unspecified atom stereocenters. The Kier molecular flexibility index (Phi) is 2.72. The summed E-state index contributed by atoms with van der Waals surface area (Å²) in [6.45, 7) is 1.25. The minimum Gasteiger partial charge on any atom is -0.486 e. The molecule has 0 bridgehead atoms. The molecule has 1 aromatic heterocycles. The molecule has 0 amide bonds. The summed E-state index contributed by atoms with van der Waals surface area (Å²) in [6, 6.07) is 4.63. The number of benzene rings is 1. The van der Waals surface area contributed by atoms with Crippen LogP contribution in [0.4, 0.5) is 5.13 Å². The summed E-state index contributed by atoms with van der Waals surface area (Å²) in [7, 11) is 0. The Labute approximate surface area is 115 Å². The van der Waals surface area contributed by atoms with Gasteiger partial charge in [-0.25, -0.2) is 4.98 Å². The Morgan fingerprint density at radius 2 is 1.84 bits per heavy atom. The summed E-state index contributed by atoms with van der Waals surface area (Å²) >= 11 is 1.70. The summed E-state index contributed by atoms with van der Waals surface area (Å²) in [5.74, 6) is 1.66.